The van der Waals surface area contributed by atoms with E-state index in [4.69, 9.17) is 19.6 Å². The SMILES string of the molecule is Cc1c(NC(=O)OC(C)(C)C)cncc1-c1ccc2c(c1)c(-c1ncc(-c3ccccc3)[nH]1)nn2C1CCCCO1. The van der Waals surface area contributed by atoms with Crippen LogP contribution >= 0.6 is 0 Å². The Morgan fingerprint density at radius 1 is 1.07 bits per heavy atom. The molecule has 9 heteroatoms. The fraction of sp³-hybridized carbons (Fsp3) is 0.312. The highest BCUT2D eigenvalue weighted by molar-refractivity contribution is 5.96. The predicted molar refractivity (Wildman–Crippen MR) is 159 cm³/mol. The molecule has 1 aliphatic rings. The number of ether oxygens (including phenoxy) is 2. The molecule has 9 nitrogen and oxygen atoms in total. The van der Waals surface area contributed by atoms with Gasteiger partial charge in [-0.1, -0.05) is 36.4 Å². The molecule has 0 saturated carbocycles. The van der Waals surface area contributed by atoms with Gasteiger partial charge in [-0.25, -0.2) is 14.5 Å². The van der Waals surface area contributed by atoms with Crippen LogP contribution in [0.15, 0.2) is 67.1 Å². The van der Waals surface area contributed by atoms with Crippen LogP contribution in [0.5, 0.6) is 0 Å². The van der Waals surface area contributed by atoms with Crippen molar-refractivity contribution in [2.45, 2.75) is 58.8 Å². The van der Waals surface area contributed by atoms with Crippen LogP contribution in [0.2, 0.25) is 0 Å². The number of aromatic nitrogens is 5. The summed E-state index contributed by atoms with van der Waals surface area (Å²) < 4.78 is 13.6. The number of carbonyl (C=O) groups is 1. The van der Waals surface area contributed by atoms with Crippen LogP contribution in [0.25, 0.3) is 44.8 Å². The minimum atomic E-state index is -0.598. The molecule has 1 fully saturated rings. The highest BCUT2D eigenvalue weighted by atomic mass is 16.6. The maximum Gasteiger partial charge on any atom is 0.412 e. The summed E-state index contributed by atoms with van der Waals surface area (Å²) in [7, 11) is 0. The third kappa shape index (κ3) is 5.58. The summed E-state index contributed by atoms with van der Waals surface area (Å²) in [4.78, 5) is 25.1. The minimum absolute atomic E-state index is 0.126. The Morgan fingerprint density at radius 2 is 1.90 bits per heavy atom. The second-order valence-electron chi connectivity index (χ2n) is 11.3. The summed E-state index contributed by atoms with van der Waals surface area (Å²) in [6, 6.07) is 16.4. The van der Waals surface area contributed by atoms with Crippen molar-refractivity contribution in [3.63, 3.8) is 0 Å². The van der Waals surface area contributed by atoms with E-state index >= 15 is 0 Å². The van der Waals surface area contributed by atoms with Crippen LogP contribution < -0.4 is 5.32 Å². The Morgan fingerprint density at radius 3 is 2.66 bits per heavy atom. The largest absolute Gasteiger partial charge is 0.444 e. The molecule has 4 heterocycles. The molecule has 5 aromatic rings. The molecule has 6 rings (SSSR count). The van der Waals surface area contributed by atoms with E-state index < -0.39 is 11.7 Å². The lowest BCUT2D eigenvalue weighted by Crippen LogP contribution is -2.27. The van der Waals surface area contributed by atoms with E-state index in [1.807, 2.05) is 63.0 Å². The van der Waals surface area contributed by atoms with E-state index in [-0.39, 0.29) is 6.23 Å². The van der Waals surface area contributed by atoms with Crippen molar-refractivity contribution in [1.82, 2.24) is 24.7 Å². The summed E-state index contributed by atoms with van der Waals surface area (Å²) in [6.07, 6.45) is 7.72. The highest BCUT2D eigenvalue weighted by Gasteiger charge is 2.24. The maximum absolute atomic E-state index is 12.5. The molecule has 0 bridgehead atoms. The van der Waals surface area contributed by atoms with Crippen LogP contribution in [0.1, 0.15) is 51.8 Å². The van der Waals surface area contributed by atoms with Gasteiger partial charge in [-0.15, -0.1) is 0 Å². The van der Waals surface area contributed by atoms with Crippen molar-refractivity contribution in [2.75, 3.05) is 11.9 Å². The molecular weight excluding hydrogens is 516 g/mol. The second-order valence-corrected chi connectivity index (χ2v) is 11.3. The van der Waals surface area contributed by atoms with Crippen LogP contribution in [-0.2, 0) is 9.47 Å². The van der Waals surface area contributed by atoms with E-state index in [0.29, 0.717) is 11.5 Å². The molecule has 0 spiro atoms. The number of imidazole rings is 1. The lowest BCUT2D eigenvalue weighted by atomic mass is 9.99. The molecular formula is C32H34N6O3. The van der Waals surface area contributed by atoms with Gasteiger partial charge in [0.05, 0.1) is 29.3 Å². The van der Waals surface area contributed by atoms with Gasteiger partial charge in [-0.2, -0.15) is 5.10 Å². The molecule has 3 aromatic heterocycles. The maximum atomic E-state index is 12.5. The lowest BCUT2D eigenvalue weighted by molar-refractivity contribution is -0.0365. The first-order valence-electron chi connectivity index (χ1n) is 14.0. The number of nitrogens with one attached hydrogen (secondary N) is 2. The topological polar surface area (TPSA) is 107 Å². The molecule has 1 saturated heterocycles. The minimum Gasteiger partial charge on any atom is -0.444 e. The van der Waals surface area contributed by atoms with Crippen molar-refractivity contribution >= 4 is 22.7 Å². The number of amides is 1. The zero-order chi connectivity index (χ0) is 28.6. The summed E-state index contributed by atoms with van der Waals surface area (Å²) in [5, 5.41) is 8.85. The van der Waals surface area contributed by atoms with Crippen molar-refractivity contribution < 1.29 is 14.3 Å². The zero-order valence-electron chi connectivity index (χ0n) is 23.8. The normalized spacial score (nSPS) is 15.7. The van der Waals surface area contributed by atoms with Gasteiger partial charge in [-0.3, -0.25) is 10.3 Å². The van der Waals surface area contributed by atoms with E-state index in [2.05, 4.69) is 45.6 Å². The number of anilines is 1. The number of fused-ring (bicyclic) bond motifs is 1. The van der Waals surface area contributed by atoms with Gasteiger partial charge < -0.3 is 14.5 Å². The van der Waals surface area contributed by atoms with Gasteiger partial charge in [0.1, 0.15) is 11.3 Å². The summed E-state index contributed by atoms with van der Waals surface area (Å²) in [5.74, 6) is 0.691. The third-order valence-corrected chi connectivity index (χ3v) is 7.18. The molecule has 0 radical (unpaired) electrons. The number of hydrogen-bond acceptors (Lipinski definition) is 6. The third-order valence-electron chi connectivity index (χ3n) is 7.18. The van der Waals surface area contributed by atoms with Gasteiger partial charge in [0.25, 0.3) is 0 Å². The molecule has 210 valence electrons. The quantitative estimate of drug-likeness (QED) is 0.234. The Balaban J connectivity index is 1.42. The number of benzene rings is 2. The van der Waals surface area contributed by atoms with Crippen LogP contribution in [-0.4, -0.2) is 43.0 Å². The van der Waals surface area contributed by atoms with E-state index in [1.165, 1.54) is 0 Å². The summed E-state index contributed by atoms with van der Waals surface area (Å²) in [5.41, 5.74) is 6.46. The van der Waals surface area contributed by atoms with Gasteiger partial charge in [-0.05, 0) is 75.8 Å². The predicted octanol–water partition coefficient (Wildman–Crippen LogP) is 7.51. The van der Waals surface area contributed by atoms with Gasteiger partial charge in [0.15, 0.2) is 12.1 Å². The standard InChI is InChI=1S/C32H34N6O3/c1-20-24(17-33-18-25(20)36-31(39)41-32(2,3)4)22-13-14-27-23(16-22)29(37-38(27)28-12-8-9-15-40-28)30-34-19-26(35-30)21-10-6-5-7-11-21/h5-7,10-11,13-14,16-19,28H,8-9,12,15H2,1-4H3,(H,34,35)(H,36,39). The van der Waals surface area contributed by atoms with Crippen molar-refractivity contribution in [2.24, 2.45) is 0 Å². The Kier molecular flexibility index (Phi) is 7.05. The zero-order valence-corrected chi connectivity index (χ0v) is 23.8. The Bertz CT molecular complexity index is 1690. The molecule has 41 heavy (non-hydrogen) atoms. The van der Waals surface area contributed by atoms with Crippen molar-refractivity contribution in [3.8, 4) is 33.9 Å². The molecule has 1 unspecified atom stereocenters. The Labute approximate surface area is 238 Å². The van der Waals surface area contributed by atoms with Gasteiger partial charge in [0, 0.05) is 23.8 Å². The first kappa shape index (κ1) is 26.7. The number of hydrogen-bond donors (Lipinski definition) is 2. The van der Waals surface area contributed by atoms with E-state index in [9.17, 15) is 4.79 Å². The summed E-state index contributed by atoms with van der Waals surface area (Å²) >= 11 is 0. The van der Waals surface area contributed by atoms with E-state index in [1.54, 1.807) is 6.20 Å². The van der Waals surface area contributed by atoms with E-state index in [0.717, 1.165) is 70.4 Å². The number of rotatable bonds is 5. The molecule has 0 aliphatic carbocycles. The fourth-order valence-corrected chi connectivity index (χ4v) is 5.18. The van der Waals surface area contributed by atoms with Crippen LogP contribution in [0.3, 0.4) is 0 Å². The average molecular weight is 551 g/mol. The smallest absolute Gasteiger partial charge is 0.412 e. The first-order valence-corrected chi connectivity index (χ1v) is 14.0. The van der Waals surface area contributed by atoms with Crippen molar-refractivity contribution in [3.05, 3.63) is 72.7 Å². The number of pyridine rings is 1. The highest BCUT2D eigenvalue weighted by Crippen LogP contribution is 2.36. The molecule has 1 atom stereocenters. The van der Waals surface area contributed by atoms with Gasteiger partial charge in [0.2, 0.25) is 0 Å². The van der Waals surface area contributed by atoms with Crippen LogP contribution in [0, 0.1) is 6.92 Å². The molecule has 1 aliphatic heterocycles. The summed E-state index contributed by atoms with van der Waals surface area (Å²) in [6.45, 7) is 8.19. The number of aromatic amines is 1. The lowest BCUT2D eigenvalue weighted by Gasteiger charge is -2.23. The monoisotopic (exact) mass is 550 g/mol. The number of carbonyl (C=O) groups excluding carboxylic acids is 1. The number of H-pyrrole nitrogens is 1. The molecule has 1 amide bonds. The number of nitrogens with zero attached hydrogens (tertiary/aromatic N) is 4. The van der Waals surface area contributed by atoms with Gasteiger partial charge >= 0.3 is 6.09 Å². The first-order chi connectivity index (χ1) is 19.8. The average Bonchev–Trinajstić information content (AvgIpc) is 3.59. The Hall–Kier alpha value is -4.50. The fourth-order valence-electron chi connectivity index (χ4n) is 5.18. The van der Waals surface area contributed by atoms with Crippen LogP contribution in [0.4, 0.5) is 10.5 Å². The molecule has 2 N–H and O–H groups in total. The van der Waals surface area contributed by atoms with Crippen molar-refractivity contribution in [1.29, 1.82) is 0 Å². The molecule has 2 aromatic carbocycles. The second kappa shape index (κ2) is 10.8.